The molecule has 0 spiro atoms. The van der Waals surface area contributed by atoms with E-state index in [0.717, 1.165) is 50.3 Å². The number of anilines is 3. The van der Waals surface area contributed by atoms with Crippen LogP contribution in [-0.4, -0.2) is 12.4 Å². The van der Waals surface area contributed by atoms with E-state index in [2.05, 4.69) is 53.4 Å². The molecule has 1 aliphatic rings. The quantitative estimate of drug-likeness (QED) is 0.159. The van der Waals surface area contributed by atoms with Gasteiger partial charge in [-0.15, -0.1) is 59.7 Å². The predicted octanol–water partition coefficient (Wildman–Crippen LogP) is 7.72. The normalized spacial score (nSPS) is 12.2. The van der Waals surface area contributed by atoms with Crippen molar-refractivity contribution in [2.24, 2.45) is 9.98 Å². The number of hydrogen-bond donors (Lipinski definition) is 0. The van der Waals surface area contributed by atoms with Crippen LogP contribution in [0.2, 0.25) is 0 Å². The number of fused-ring (bicyclic) bond motifs is 4. The molecule has 6 rings (SSSR count). The summed E-state index contributed by atoms with van der Waals surface area (Å²) in [5.41, 5.74) is 6.45. The van der Waals surface area contributed by atoms with E-state index in [4.69, 9.17) is 9.98 Å². The summed E-state index contributed by atoms with van der Waals surface area (Å²) in [6.45, 7) is 0. The Kier molecular flexibility index (Phi) is 6.19. The monoisotopic (exact) mass is 527 g/mol. The van der Waals surface area contributed by atoms with E-state index in [-0.39, 0.29) is 20.4 Å². The van der Waals surface area contributed by atoms with Gasteiger partial charge in [0.1, 0.15) is 0 Å². The van der Waals surface area contributed by atoms with Gasteiger partial charge in [0.25, 0.3) is 0 Å². The van der Waals surface area contributed by atoms with Crippen LogP contribution in [-0.2, 0) is 20.4 Å². The second-order valence-corrected chi connectivity index (χ2v) is 7.82. The number of hydrogen-bond acceptors (Lipinski definition) is 3. The van der Waals surface area contributed by atoms with Crippen LogP contribution in [0, 0.1) is 12.1 Å². The third-order valence-corrected chi connectivity index (χ3v) is 5.65. The number of rotatable bonds is 1. The van der Waals surface area contributed by atoms with Crippen molar-refractivity contribution in [1.82, 2.24) is 0 Å². The topological polar surface area (TPSA) is 28.0 Å². The molecule has 0 aliphatic carbocycles. The summed E-state index contributed by atoms with van der Waals surface area (Å²) in [5.74, 6) is 0. The smallest absolute Gasteiger partial charge is 0.346 e. The molecule has 5 aromatic rings. The Morgan fingerprint density at radius 1 is 0.529 bits per heavy atom. The minimum atomic E-state index is 0. The maximum Gasteiger partial charge on any atom is 2.00 e. The first kappa shape index (κ1) is 22.0. The Labute approximate surface area is 212 Å². The molecule has 0 fully saturated rings. The molecule has 34 heavy (non-hydrogen) atoms. The van der Waals surface area contributed by atoms with Crippen LogP contribution in [0.15, 0.2) is 113 Å². The molecule has 5 aromatic carbocycles. The van der Waals surface area contributed by atoms with Gasteiger partial charge in [-0.1, -0.05) is 42.5 Å². The van der Waals surface area contributed by atoms with E-state index < -0.39 is 0 Å². The molecule has 0 unspecified atom stereocenters. The van der Waals surface area contributed by atoms with Gasteiger partial charge in [0.15, 0.2) is 0 Å². The van der Waals surface area contributed by atoms with Gasteiger partial charge >= 0.3 is 20.4 Å². The van der Waals surface area contributed by atoms with Crippen LogP contribution in [0.25, 0.3) is 10.8 Å². The number of aliphatic imine (C=N–C) groups is 2. The summed E-state index contributed by atoms with van der Waals surface area (Å²) < 4.78 is 0. The minimum Gasteiger partial charge on any atom is -0.346 e. The van der Waals surface area contributed by atoms with Gasteiger partial charge in [0.05, 0.1) is 11.4 Å². The Bertz CT molecular complexity index is 1430. The van der Waals surface area contributed by atoms with Crippen molar-refractivity contribution < 1.29 is 20.4 Å². The van der Waals surface area contributed by atoms with Gasteiger partial charge in [-0.25, -0.2) is 0 Å². The van der Waals surface area contributed by atoms with Gasteiger partial charge in [-0.3, -0.25) is 0 Å². The van der Waals surface area contributed by atoms with Gasteiger partial charge in [-0.2, -0.15) is 0 Å². The van der Waals surface area contributed by atoms with Crippen LogP contribution < -0.4 is 4.90 Å². The average molecular weight is 528 g/mol. The maximum absolute atomic E-state index is 4.84. The summed E-state index contributed by atoms with van der Waals surface area (Å²) in [5, 5.41) is 2.14. The van der Waals surface area contributed by atoms with Crippen molar-refractivity contribution in [3.05, 3.63) is 126 Å². The van der Waals surface area contributed by atoms with Crippen LogP contribution in [0.5, 0.6) is 0 Å². The number of benzene rings is 5. The molecule has 3 nitrogen and oxygen atoms in total. The van der Waals surface area contributed by atoms with Crippen molar-refractivity contribution >= 4 is 51.6 Å². The molecule has 0 radical (unpaired) electrons. The van der Waals surface area contributed by atoms with Gasteiger partial charge in [0, 0.05) is 11.1 Å². The predicted molar refractivity (Wildman–Crippen MR) is 137 cm³/mol. The maximum atomic E-state index is 4.84. The molecule has 0 saturated carbocycles. The molecule has 0 N–H and O–H groups in total. The Balaban J connectivity index is 0.00000241. The summed E-state index contributed by atoms with van der Waals surface area (Å²) in [7, 11) is 0. The molecule has 1 aliphatic heterocycles. The van der Waals surface area contributed by atoms with Gasteiger partial charge in [-0.05, 0) is 53.5 Å². The molecule has 164 valence electrons. The second kappa shape index (κ2) is 9.57. The summed E-state index contributed by atoms with van der Waals surface area (Å²) in [4.78, 5) is 11.8. The first-order valence-electron chi connectivity index (χ1n) is 10.8. The van der Waals surface area contributed by atoms with Crippen molar-refractivity contribution in [3.63, 3.8) is 0 Å². The number of nitrogens with zero attached hydrogens (tertiary/aromatic N) is 3. The van der Waals surface area contributed by atoms with Crippen molar-refractivity contribution in [2.45, 2.75) is 0 Å². The molecule has 1 heterocycles. The fourth-order valence-corrected chi connectivity index (χ4v) is 4.14. The Hall–Kier alpha value is -3.84. The Morgan fingerprint density at radius 2 is 1.06 bits per heavy atom. The van der Waals surface area contributed by atoms with E-state index in [1.165, 1.54) is 0 Å². The first-order chi connectivity index (χ1) is 16.3. The molecular weight excluding hydrogens is 509 g/mol. The molecule has 0 saturated heterocycles. The summed E-state index contributed by atoms with van der Waals surface area (Å²) >= 11 is 0. The van der Waals surface area contributed by atoms with Gasteiger partial charge in [0.2, 0.25) is 0 Å². The second-order valence-electron chi connectivity index (χ2n) is 7.82. The van der Waals surface area contributed by atoms with E-state index in [1.807, 2.05) is 79.2 Å². The zero-order valence-electron chi connectivity index (χ0n) is 18.1. The van der Waals surface area contributed by atoms with Crippen LogP contribution >= 0.6 is 0 Å². The fraction of sp³-hybridized carbons (Fsp3) is 0. The molecule has 0 aromatic heterocycles. The fourth-order valence-electron chi connectivity index (χ4n) is 4.14. The first-order valence-corrected chi connectivity index (χ1v) is 10.8. The SMILES string of the molecule is [Pd+2].[c-]1c2cccc1N(c1ccccc1)c1[c-]c(ccc1)C=Nc1cccc3cccc(c13)N=C2. The zero-order valence-corrected chi connectivity index (χ0v) is 19.7. The van der Waals surface area contributed by atoms with E-state index in [9.17, 15) is 0 Å². The molecule has 4 bridgehead atoms. The van der Waals surface area contributed by atoms with Crippen molar-refractivity contribution in [2.75, 3.05) is 4.90 Å². The number of para-hydroxylation sites is 1. The van der Waals surface area contributed by atoms with Crippen LogP contribution in [0.4, 0.5) is 28.4 Å². The average Bonchev–Trinajstić information content (AvgIpc) is 2.87. The van der Waals surface area contributed by atoms with Crippen LogP contribution in [0.1, 0.15) is 11.1 Å². The summed E-state index contributed by atoms with van der Waals surface area (Å²) in [6.07, 6.45) is 3.74. The third-order valence-electron chi connectivity index (χ3n) is 5.65. The van der Waals surface area contributed by atoms with Gasteiger partial charge < -0.3 is 14.9 Å². The Morgan fingerprint density at radius 3 is 1.62 bits per heavy atom. The molecule has 4 heteroatoms. The van der Waals surface area contributed by atoms with Crippen molar-refractivity contribution in [1.29, 1.82) is 0 Å². The zero-order chi connectivity index (χ0) is 22.0. The third kappa shape index (κ3) is 4.22. The minimum absolute atomic E-state index is 0. The van der Waals surface area contributed by atoms with Crippen molar-refractivity contribution in [3.8, 4) is 0 Å². The molecule has 0 atom stereocenters. The van der Waals surface area contributed by atoms with E-state index in [1.54, 1.807) is 0 Å². The molecular formula is C30H19N3Pd. The van der Waals surface area contributed by atoms with E-state index >= 15 is 0 Å². The largest absolute Gasteiger partial charge is 2.00 e. The standard InChI is InChI=1S/C30H19N3.Pd/c1-2-12-25(13-3-1)33-26-14-4-8-22(18-26)20-31-28-16-6-10-24-11-7-17-29(30(24)28)32-21-23-9-5-15-27(33)19-23;/h1-17,20-21H;/q-2;+2. The summed E-state index contributed by atoms with van der Waals surface area (Å²) in [6, 6.07) is 41.8. The van der Waals surface area contributed by atoms with Crippen LogP contribution in [0.3, 0.4) is 0 Å². The molecule has 0 amide bonds. The van der Waals surface area contributed by atoms with E-state index in [0.29, 0.717) is 0 Å².